The van der Waals surface area contributed by atoms with Crippen molar-refractivity contribution in [1.82, 2.24) is 0 Å². The lowest BCUT2D eigenvalue weighted by Crippen LogP contribution is -2.11. The molecule has 3 aromatic carbocycles. The summed E-state index contributed by atoms with van der Waals surface area (Å²) in [6.07, 6.45) is 1.56. The second kappa shape index (κ2) is 9.91. The van der Waals surface area contributed by atoms with E-state index in [0.717, 1.165) is 10.0 Å². The van der Waals surface area contributed by atoms with Crippen LogP contribution >= 0.6 is 31.9 Å². The summed E-state index contributed by atoms with van der Waals surface area (Å²) in [5, 5.41) is 13.3. The van der Waals surface area contributed by atoms with Crippen LogP contribution in [0.25, 0.3) is 0 Å². The maximum Gasteiger partial charge on any atom is 0.255 e. The molecule has 0 saturated heterocycles. The van der Waals surface area contributed by atoms with Crippen molar-refractivity contribution in [3.8, 4) is 11.5 Å². The van der Waals surface area contributed by atoms with Crippen LogP contribution < -0.4 is 10.1 Å². The first-order valence-electron chi connectivity index (χ1n) is 9.25. The summed E-state index contributed by atoms with van der Waals surface area (Å²) < 4.78 is 6.88. The van der Waals surface area contributed by atoms with Gasteiger partial charge in [0.15, 0.2) is 11.5 Å². The first-order valence-corrected chi connectivity index (χ1v) is 10.8. The van der Waals surface area contributed by atoms with Gasteiger partial charge in [-0.1, -0.05) is 17.7 Å². The van der Waals surface area contributed by atoms with Gasteiger partial charge in [-0.25, -0.2) is 0 Å². The van der Waals surface area contributed by atoms with Crippen molar-refractivity contribution in [2.24, 2.45) is 4.99 Å². The first kappa shape index (κ1) is 22.1. The van der Waals surface area contributed by atoms with Gasteiger partial charge in [-0.3, -0.25) is 9.79 Å². The van der Waals surface area contributed by atoms with Gasteiger partial charge in [0.05, 0.1) is 17.9 Å². The van der Waals surface area contributed by atoms with Crippen molar-refractivity contribution in [3.05, 3.63) is 80.2 Å². The summed E-state index contributed by atoms with van der Waals surface area (Å²) >= 11 is 6.90. The van der Waals surface area contributed by atoms with E-state index in [1.54, 1.807) is 42.6 Å². The third kappa shape index (κ3) is 5.29. The number of nitrogens with one attached hydrogen (secondary N) is 1. The van der Waals surface area contributed by atoms with E-state index in [2.05, 4.69) is 42.2 Å². The lowest BCUT2D eigenvalue weighted by molar-refractivity contribution is 0.102. The van der Waals surface area contributed by atoms with E-state index < -0.39 is 0 Å². The Balaban J connectivity index is 1.76. The molecule has 154 valence electrons. The molecule has 1 amide bonds. The number of hydrogen-bond donors (Lipinski definition) is 2. The number of anilines is 1. The van der Waals surface area contributed by atoms with Gasteiger partial charge in [-0.05, 0) is 88.2 Å². The van der Waals surface area contributed by atoms with Crippen molar-refractivity contribution in [2.75, 3.05) is 11.9 Å². The SMILES string of the molecule is CCOc1cc(Br)c(Br)c(C=Nc2ccc(NC(=O)c3cccc(C)c3)cc2)c1O. The molecule has 3 aromatic rings. The quantitative estimate of drug-likeness (QED) is 0.351. The average Bonchev–Trinajstić information content (AvgIpc) is 2.73. The molecule has 0 spiro atoms. The first-order chi connectivity index (χ1) is 14.4. The fraction of sp³-hybridized carbons (Fsp3) is 0.130. The maximum atomic E-state index is 12.4. The van der Waals surface area contributed by atoms with Gasteiger partial charge in [0.2, 0.25) is 0 Å². The zero-order valence-corrected chi connectivity index (χ0v) is 19.6. The maximum absolute atomic E-state index is 12.4. The molecule has 5 nitrogen and oxygen atoms in total. The molecule has 2 N–H and O–H groups in total. The minimum Gasteiger partial charge on any atom is -0.504 e. The molecule has 7 heteroatoms. The number of ether oxygens (including phenoxy) is 1. The molecule has 0 unspecified atom stereocenters. The number of rotatable bonds is 6. The Hall–Kier alpha value is -2.64. The van der Waals surface area contributed by atoms with Crippen LogP contribution in [0.5, 0.6) is 11.5 Å². The molecule has 0 fully saturated rings. The number of amides is 1. The predicted molar refractivity (Wildman–Crippen MR) is 128 cm³/mol. The highest BCUT2D eigenvalue weighted by molar-refractivity contribution is 9.13. The van der Waals surface area contributed by atoms with Gasteiger partial charge in [0.1, 0.15) is 0 Å². The van der Waals surface area contributed by atoms with E-state index in [1.165, 1.54) is 0 Å². The van der Waals surface area contributed by atoms with Crippen molar-refractivity contribution < 1.29 is 14.6 Å². The van der Waals surface area contributed by atoms with Crippen LogP contribution in [0.1, 0.15) is 28.4 Å². The summed E-state index contributed by atoms with van der Waals surface area (Å²) in [4.78, 5) is 16.8. The van der Waals surface area contributed by atoms with Crippen LogP contribution in [0, 0.1) is 6.92 Å². The average molecular weight is 532 g/mol. The van der Waals surface area contributed by atoms with E-state index in [-0.39, 0.29) is 11.7 Å². The Morgan fingerprint density at radius 3 is 2.57 bits per heavy atom. The number of carbonyl (C=O) groups is 1. The van der Waals surface area contributed by atoms with Gasteiger partial charge < -0.3 is 15.2 Å². The highest BCUT2D eigenvalue weighted by Gasteiger charge is 2.14. The smallest absolute Gasteiger partial charge is 0.255 e. The summed E-state index contributed by atoms with van der Waals surface area (Å²) in [5.41, 5.74) is 3.49. The molecule has 0 aliphatic heterocycles. The monoisotopic (exact) mass is 530 g/mol. The third-order valence-corrected chi connectivity index (χ3v) is 6.25. The van der Waals surface area contributed by atoms with E-state index in [9.17, 15) is 9.90 Å². The Morgan fingerprint density at radius 1 is 1.17 bits per heavy atom. The van der Waals surface area contributed by atoms with Crippen LogP contribution in [0.3, 0.4) is 0 Å². The molecule has 0 bridgehead atoms. The lowest BCUT2D eigenvalue weighted by atomic mass is 10.1. The molecule has 0 aromatic heterocycles. The number of nitrogens with zero attached hydrogens (tertiary/aromatic N) is 1. The minimum absolute atomic E-state index is 0.0118. The molecule has 0 aliphatic carbocycles. The highest BCUT2D eigenvalue weighted by atomic mass is 79.9. The van der Waals surface area contributed by atoms with Gasteiger partial charge in [-0.2, -0.15) is 0 Å². The van der Waals surface area contributed by atoms with Crippen molar-refractivity contribution >= 4 is 55.4 Å². The van der Waals surface area contributed by atoms with Gasteiger partial charge in [0, 0.05) is 26.4 Å². The van der Waals surface area contributed by atoms with Crippen LogP contribution in [0.15, 0.2) is 68.5 Å². The number of hydrogen-bond acceptors (Lipinski definition) is 4. The number of carbonyl (C=O) groups excluding carboxylic acids is 1. The van der Waals surface area contributed by atoms with E-state index >= 15 is 0 Å². The summed E-state index contributed by atoms with van der Waals surface area (Å²) in [6, 6.07) is 16.3. The second-order valence-corrected chi connectivity index (χ2v) is 8.14. The fourth-order valence-electron chi connectivity index (χ4n) is 2.75. The van der Waals surface area contributed by atoms with Crippen molar-refractivity contribution in [1.29, 1.82) is 0 Å². The van der Waals surface area contributed by atoms with Crippen LogP contribution in [-0.4, -0.2) is 23.8 Å². The van der Waals surface area contributed by atoms with Crippen molar-refractivity contribution in [2.45, 2.75) is 13.8 Å². The number of phenolic OH excluding ortho intramolecular Hbond substituents is 1. The molecular weight excluding hydrogens is 512 g/mol. The standard InChI is InChI=1S/C23H20Br2N2O3/c1-3-30-20-12-19(24)21(25)18(22(20)28)13-26-16-7-9-17(10-8-16)27-23(29)15-6-4-5-14(2)11-15/h4-13,28H,3H2,1-2H3,(H,27,29). The zero-order valence-electron chi connectivity index (χ0n) is 16.4. The molecule has 0 atom stereocenters. The molecule has 0 heterocycles. The largest absolute Gasteiger partial charge is 0.504 e. The minimum atomic E-state index is -0.165. The molecule has 30 heavy (non-hydrogen) atoms. The van der Waals surface area contributed by atoms with Gasteiger partial charge in [-0.15, -0.1) is 0 Å². The number of aliphatic imine (C=N–C) groups is 1. The Morgan fingerprint density at radius 2 is 1.90 bits per heavy atom. The molecule has 0 aliphatic rings. The number of benzene rings is 3. The Kier molecular flexibility index (Phi) is 7.29. The van der Waals surface area contributed by atoms with Gasteiger partial charge >= 0.3 is 0 Å². The number of halogens is 2. The van der Waals surface area contributed by atoms with Crippen LogP contribution in [-0.2, 0) is 0 Å². The van der Waals surface area contributed by atoms with E-state index in [4.69, 9.17) is 4.74 Å². The molecule has 0 radical (unpaired) electrons. The number of phenols is 1. The van der Waals surface area contributed by atoms with Crippen LogP contribution in [0.2, 0.25) is 0 Å². The number of aromatic hydroxyl groups is 1. The molecule has 3 rings (SSSR count). The summed E-state index contributed by atoms with van der Waals surface area (Å²) in [5.74, 6) is 0.224. The van der Waals surface area contributed by atoms with E-state index in [1.807, 2.05) is 32.0 Å². The molecule has 0 saturated carbocycles. The zero-order chi connectivity index (χ0) is 21.7. The topological polar surface area (TPSA) is 70.9 Å². The third-order valence-electron chi connectivity index (χ3n) is 4.24. The summed E-state index contributed by atoms with van der Waals surface area (Å²) in [6.45, 7) is 4.23. The normalized spacial score (nSPS) is 10.9. The summed E-state index contributed by atoms with van der Waals surface area (Å²) in [7, 11) is 0. The Labute approximate surface area is 192 Å². The fourth-order valence-corrected chi connectivity index (χ4v) is 3.58. The molecular formula is C23H20Br2N2O3. The predicted octanol–water partition coefficient (Wildman–Crippen LogP) is 6.63. The lowest BCUT2D eigenvalue weighted by Gasteiger charge is -2.11. The number of aryl methyl sites for hydroxylation is 1. The second-order valence-electron chi connectivity index (χ2n) is 6.49. The van der Waals surface area contributed by atoms with Crippen molar-refractivity contribution in [3.63, 3.8) is 0 Å². The highest BCUT2D eigenvalue weighted by Crippen LogP contribution is 2.39. The Bertz CT molecular complexity index is 1100. The van der Waals surface area contributed by atoms with E-state index in [0.29, 0.717) is 39.3 Å². The van der Waals surface area contributed by atoms with Gasteiger partial charge in [0.25, 0.3) is 5.91 Å². The van der Waals surface area contributed by atoms with Crippen LogP contribution in [0.4, 0.5) is 11.4 Å².